The molecule has 1 atom stereocenters. The number of nitrogens with zero attached hydrogens (tertiary/aromatic N) is 2. The Morgan fingerprint density at radius 2 is 1.71 bits per heavy atom. The molecule has 3 saturated heterocycles. The summed E-state index contributed by atoms with van der Waals surface area (Å²) in [7, 11) is 0. The molecule has 0 radical (unpaired) electrons. The number of rotatable bonds is 6. The number of nitrogens with one attached hydrogen (secondary N) is 1. The van der Waals surface area contributed by atoms with Gasteiger partial charge in [-0.15, -0.1) is 0 Å². The van der Waals surface area contributed by atoms with Gasteiger partial charge in [0.15, 0.2) is 12.6 Å². The summed E-state index contributed by atoms with van der Waals surface area (Å²) in [4.78, 5) is 30.8. The van der Waals surface area contributed by atoms with Gasteiger partial charge in [0.25, 0.3) is 5.91 Å². The summed E-state index contributed by atoms with van der Waals surface area (Å²) in [5, 5.41) is 2.98. The second kappa shape index (κ2) is 11.1. The third-order valence-corrected chi connectivity index (χ3v) is 8.40. The molecule has 7 heteroatoms. The van der Waals surface area contributed by atoms with Gasteiger partial charge in [-0.3, -0.25) is 14.6 Å². The van der Waals surface area contributed by atoms with Crippen LogP contribution in [0.3, 0.4) is 0 Å². The van der Waals surface area contributed by atoms with Crippen LogP contribution in [0.15, 0.2) is 54.9 Å². The third kappa shape index (κ3) is 5.54. The average molecular weight is 498 g/mol. The van der Waals surface area contributed by atoms with Crippen molar-refractivity contribution in [3.05, 3.63) is 60.4 Å². The van der Waals surface area contributed by atoms with Crippen molar-refractivity contribution in [2.24, 2.45) is 5.92 Å². The van der Waals surface area contributed by atoms with Crippen LogP contribution in [0.2, 0.25) is 0 Å². The van der Waals surface area contributed by atoms with Gasteiger partial charge in [-0.2, -0.15) is 0 Å². The number of hydrogen-bond donors (Lipinski definition) is 1. The maximum Gasteiger partial charge on any atom is 0.317 e. The summed E-state index contributed by atoms with van der Waals surface area (Å²) < 4.78 is 7.11. The van der Waals surface area contributed by atoms with Gasteiger partial charge in [0.1, 0.15) is 6.54 Å². The maximum atomic E-state index is 13.9. The smallest absolute Gasteiger partial charge is 0.317 e. The summed E-state index contributed by atoms with van der Waals surface area (Å²) in [6, 6.07) is 13.9. The number of quaternary nitrogens is 1. The zero-order valence-corrected chi connectivity index (χ0v) is 21.1. The first kappa shape index (κ1) is 25.6. The van der Waals surface area contributed by atoms with E-state index < -0.39 is 5.41 Å². The number of piperidine rings is 3. The monoisotopic (exact) mass is 497 g/mol. The zero-order chi connectivity index (χ0) is 23.4. The number of esters is 1. The van der Waals surface area contributed by atoms with Crippen LogP contribution in [-0.2, 0) is 19.7 Å². The average Bonchev–Trinajstić information content (AvgIpc) is 3.13. The number of carbonyl (C=O) groups excluding carboxylic acids is 2. The molecule has 6 nitrogen and oxygen atoms in total. The largest absolute Gasteiger partial charge is 1.00 e. The molecule has 4 aliphatic rings. The molecule has 4 fully saturated rings. The van der Waals surface area contributed by atoms with Crippen LogP contribution in [0, 0.1) is 5.92 Å². The fraction of sp³-hybridized carbons (Fsp3) is 0.536. The van der Waals surface area contributed by atoms with Gasteiger partial charge in [0.05, 0.1) is 30.4 Å². The number of anilines is 1. The SMILES string of the molecule is O=C(C[N+]12CCC(CC1)[C@@H](OC(=O)C1(c3ccccc3)CCCCCC1)C2)Nc1cccnc1.[Cl-]. The van der Waals surface area contributed by atoms with E-state index in [0.29, 0.717) is 16.9 Å². The fourth-order valence-electron chi connectivity index (χ4n) is 6.47. The Kier molecular flexibility index (Phi) is 8.12. The lowest BCUT2D eigenvalue weighted by molar-refractivity contribution is -0.939. The molecule has 1 N–H and O–H groups in total. The summed E-state index contributed by atoms with van der Waals surface area (Å²) in [6.45, 7) is 3.10. The maximum absolute atomic E-state index is 13.9. The van der Waals surface area contributed by atoms with E-state index in [2.05, 4.69) is 22.4 Å². The number of benzene rings is 1. The number of pyridine rings is 1. The first-order chi connectivity index (χ1) is 16.6. The third-order valence-electron chi connectivity index (χ3n) is 8.40. The molecule has 3 aliphatic heterocycles. The predicted molar refractivity (Wildman–Crippen MR) is 131 cm³/mol. The van der Waals surface area contributed by atoms with Crippen LogP contribution >= 0.6 is 0 Å². The van der Waals surface area contributed by atoms with E-state index in [-0.39, 0.29) is 30.4 Å². The van der Waals surface area contributed by atoms with Crippen molar-refractivity contribution in [3.8, 4) is 0 Å². The molecule has 4 heterocycles. The van der Waals surface area contributed by atoms with Crippen molar-refractivity contribution < 1.29 is 31.2 Å². The highest BCUT2D eigenvalue weighted by molar-refractivity contribution is 5.91. The van der Waals surface area contributed by atoms with E-state index in [4.69, 9.17) is 4.74 Å². The topological polar surface area (TPSA) is 68.3 Å². The predicted octanol–water partition coefficient (Wildman–Crippen LogP) is 1.47. The molecule has 188 valence electrons. The standard InChI is InChI=1S/C28H35N3O3.ClH/c32-26(30-24-11-8-16-29-19-24)21-31-17-12-22(13-18-31)25(20-31)34-27(33)28(14-6-1-2-7-15-28)23-9-4-3-5-10-23;/h3-5,8-11,16,19,22,25H,1-2,6-7,12-15,17-18,20-21H2;1H/t22?,25-,31?;/m0./s1. The van der Waals surface area contributed by atoms with Gasteiger partial charge in [-0.05, 0) is 30.5 Å². The van der Waals surface area contributed by atoms with E-state index >= 15 is 0 Å². The molecule has 0 spiro atoms. The second-order valence-electron chi connectivity index (χ2n) is 10.6. The lowest BCUT2D eigenvalue weighted by atomic mass is 9.74. The molecule has 6 rings (SSSR count). The van der Waals surface area contributed by atoms with Crippen molar-refractivity contribution in [1.82, 2.24) is 4.98 Å². The van der Waals surface area contributed by atoms with Gasteiger partial charge >= 0.3 is 5.97 Å². The van der Waals surface area contributed by atoms with Crippen LogP contribution in [0.5, 0.6) is 0 Å². The summed E-state index contributed by atoms with van der Waals surface area (Å²) in [6.07, 6.45) is 11.5. The van der Waals surface area contributed by atoms with E-state index in [1.807, 2.05) is 30.3 Å². The Labute approximate surface area is 214 Å². The Balaban J connectivity index is 0.00000289. The summed E-state index contributed by atoms with van der Waals surface area (Å²) in [5.41, 5.74) is 1.29. The highest BCUT2D eigenvalue weighted by Crippen LogP contribution is 2.42. The van der Waals surface area contributed by atoms with Crippen molar-refractivity contribution in [1.29, 1.82) is 0 Å². The number of ether oxygens (including phenoxy) is 1. The molecule has 0 unspecified atom stereocenters. The molecular weight excluding hydrogens is 462 g/mol. The highest BCUT2D eigenvalue weighted by Gasteiger charge is 2.51. The number of halogens is 1. The first-order valence-electron chi connectivity index (χ1n) is 12.9. The summed E-state index contributed by atoms with van der Waals surface area (Å²) >= 11 is 0. The lowest BCUT2D eigenvalue weighted by Crippen LogP contribution is -3.00. The molecule has 2 bridgehead atoms. The molecule has 1 aromatic carbocycles. The Morgan fingerprint density at radius 1 is 1.00 bits per heavy atom. The molecular formula is C28H36ClN3O3. The van der Waals surface area contributed by atoms with Crippen molar-refractivity contribution in [2.75, 3.05) is 31.5 Å². The number of hydrogen-bond acceptors (Lipinski definition) is 4. The molecule has 1 aliphatic carbocycles. The number of aromatic nitrogens is 1. The Bertz CT molecular complexity index is 985. The Hall–Kier alpha value is -2.44. The molecule has 35 heavy (non-hydrogen) atoms. The van der Waals surface area contributed by atoms with Crippen LogP contribution in [0.25, 0.3) is 0 Å². The van der Waals surface area contributed by atoms with Crippen molar-refractivity contribution in [2.45, 2.75) is 62.9 Å². The van der Waals surface area contributed by atoms with Crippen molar-refractivity contribution in [3.63, 3.8) is 0 Å². The number of carbonyl (C=O) groups is 2. The minimum atomic E-state index is -0.535. The van der Waals surface area contributed by atoms with Gasteiger partial charge in [0.2, 0.25) is 0 Å². The quantitative estimate of drug-likeness (QED) is 0.373. The summed E-state index contributed by atoms with van der Waals surface area (Å²) in [5.74, 6) is 0.365. The first-order valence-corrected chi connectivity index (χ1v) is 12.9. The fourth-order valence-corrected chi connectivity index (χ4v) is 6.47. The van der Waals surface area contributed by atoms with Gasteiger partial charge in [-0.25, -0.2) is 0 Å². The van der Waals surface area contributed by atoms with Crippen LogP contribution < -0.4 is 17.7 Å². The number of amides is 1. The number of fused-ring (bicyclic) bond motifs is 3. The van der Waals surface area contributed by atoms with Crippen LogP contribution in [0.4, 0.5) is 5.69 Å². The second-order valence-corrected chi connectivity index (χ2v) is 10.6. The lowest BCUT2D eigenvalue weighted by Gasteiger charge is -2.52. The van der Waals surface area contributed by atoms with Gasteiger partial charge < -0.3 is 26.9 Å². The normalized spacial score (nSPS) is 27.2. The van der Waals surface area contributed by atoms with Gasteiger partial charge in [0, 0.05) is 25.0 Å². The molecule has 1 amide bonds. The minimum absolute atomic E-state index is 0. The van der Waals surface area contributed by atoms with E-state index in [1.54, 1.807) is 12.4 Å². The van der Waals surface area contributed by atoms with E-state index in [1.165, 1.54) is 12.8 Å². The van der Waals surface area contributed by atoms with E-state index in [9.17, 15) is 9.59 Å². The van der Waals surface area contributed by atoms with Crippen LogP contribution in [0.1, 0.15) is 56.9 Å². The van der Waals surface area contributed by atoms with E-state index in [0.717, 1.165) is 69.4 Å². The highest BCUT2D eigenvalue weighted by atomic mass is 35.5. The van der Waals surface area contributed by atoms with Crippen molar-refractivity contribution >= 4 is 17.6 Å². The molecule has 1 aromatic heterocycles. The minimum Gasteiger partial charge on any atom is -1.00 e. The van der Waals surface area contributed by atoms with Crippen LogP contribution in [-0.4, -0.2) is 53.6 Å². The van der Waals surface area contributed by atoms with Gasteiger partial charge in [-0.1, -0.05) is 56.0 Å². The zero-order valence-electron chi connectivity index (χ0n) is 20.3. The molecule has 2 aromatic rings. The molecule has 1 saturated carbocycles. The Morgan fingerprint density at radius 3 is 2.37 bits per heavy atom.